The van der Waals surface area contributed by atoms with Gasteiger partial charge >= 0.3 is 11.9 Å². The third kappa shape index (κ3) is 3.83. The Morgan fingerprint density at radius 1 is 1.23 bits per heavy atom. The van der Waals surface area contributed by atoms with Gasteiger partial charge in [0.25, 0.3) is 0 Å². The number of hydrogen-bond acceptors (Lipinski definition) is 7. The molecule has 1 heterocycles. The molecular formula is C23H31NO6. The van der Waals surface area contributed by atoms with Crippen molar-refractivity contribution in [2.24, 2.45) is 10.4 Å². The van der Waals surface area contributed by atoms with Crippen molar-refractivity contribution in [3.8, 4) is 0 Å². The van der Waals surface area contributed by atoms with Crippen LogP contribution in [-0.4, -0.2) is 49.3 Å². The highest BCUT2D eigenvalue weighted by Gasteiger charge is 2.59. The fourth-order valence-corrected chi connectivity index (χ4v) is 3.98. The van der Waals surface area contributed by atoms with E-state index >= 15 is 0 Å². The van der Waals surface area contributed by atoms with E-state index in [0.29, 0.717) is 18.7 Å². The van der Waals surface area contributed by atoms with E-state index in [4.69, 9.17) is 23.9 Å². The number of rotatable bonds is 4. The van der Waals surface area contributed by atoms with E-state index in [2.05, 4.69) is 0 Å². The summed E-state index contributed by atoms with van der Waals surface area (Å²) in [5.41, 5.74) is -1.73. The number of aliphatic imine (C=N–C) groups is 1. The Morgan fingerprint density at radius 3 is 2.47 bits per heavy atom. The van der Waals surface area contributed by atoms with Crippen LogP contribution >= 0.6 is 0 Å². The Bertz CT molecular complexity index is 830. The molecule has 0 radical (unpaired) electrons. The zero-order valence-electron chi connectivity index (χ0n) is 18.6. The summed E-state index contributed by atoms with van der Waals surface area (Å²) < 4.78 is 22.5. The lowest BCUT2D eigenvalue weighted by Crippen LogP contribution is -2.59. The van der Waals surface area contributed by atoms with Gasteiger partial charge in [0.15, 0.2) is 17.2 Å². The van der Waals surface area contributed by atoms with Gasteiger partial charge in [-0.2, -0.15) is 0 Å². The quantitative estimate of drug-likeness (QED) is 0.696. The Hall–Kier alpha value is -2.41. The molecule has 0 unspecified atom stereocenters. The monoisotopic (exact) mass is 417 g/mol. The summed E-state index contributed by atoms with van der Waals surface area (Å²) in [6, 6.07) is 9.17. The Kier molecular flexibility index (Phi) is 5.96. The SMILES string of the molecule is COC1=N[C@]2(CC[C@@H](OC(=O)[C@@H](OC)c3ccccc3)C2)C(=O)O[C@]1(C)C(C)(C)C. The first-order valence-corrected chi connectivity index (χ1v) is 10.2. The smallest absolute Gasteiger partial charge is 0.340 e. The van der Waals surface area contributed by atoms with Crippen LogP contribution in [0.15, 0.2) is 35.3 Å². The zero-order chi connectivity index (χ0) is 22.2. The van der Waals surface area contributed by atoms with E-state index in [1.54, 1.807) is 0 Å². The van der Waals surface area contributed by atoms with Crippen LogP contribution in [0.3, 0.4) is 0 Å². The van der Waals surface area contributed by atoms with Gasteiger partial charge in [-0.05, 0) is 25.3 Å². The number of esters is 2. The van der Waals surface area contributed by atoms with Gasteiger partial charge in [-0.15, -0.1) is 0 Å². The van der Waals surface area contributed by atoms with Gasteiger partial charge in [0.1, 0.15) is 6.10 Å². The fourth-order valence-electron chi connectivity index (χ4n) is 3.98. The van der Waals surface area contributed by atoms with Crippen molar-refractivity contribution in [3.63, 3.8) is 0 Å². The molecule has 2 aliphatic rings. The van der Waals surface area contributed by atoms with Crippen LogP contribution in [0.25, 0.3) is 0 Å². The predicted molar refractivity (Wildman–Crippen MR) is 111 cm³/mol. The van der Waals surface area contributed by atoms with Gasteiger partial charge in [-0.1, -0.05) is 51.1 Å². The van der Waals surface area contributed by atoms with Crippen LogP contribution in [0.4, 0.5) is 0 Å². The molecule has 0 aromatic heterocycles. The summed E-state index contributed by atoms with van der Waals surface area (Å²) in [5.74, 6) is -0.489. The molecule has 1 aliphatic carbocycles. The van der Waals surface area contributed by atoms with Crippen molar-refractivity contribution in [1.82, 2.24) is 0 Å². The third-order valence-corrected chi connectivity index (χ3v) is 6.31. The average molecular weight is 418 g/mol. The van der Waals surface area contributed by atoms with Gasteiger partial charge in [-0.3, -0.25) is 0 Å². The largest absolute Gasteiger partial charge is 0.481 e. The summed E-state index contributed by atoms with van der Waals surface area (Å²) in [6.07, 6.45) is -0.0651. The second-order valence-electron chi connectivity index (χ2n) is 9.15. The van der Waals surface area contributed by atoms with Crippen LogP contribution in [0.2, 0.25) is 0 Å². The van der Waals surface area contributed by atoms with Gasteiger partial charge in [0.05, 0.1) is 7.11 Å². The number of carbonyl (C=O) groups is 2. The molecule has 1 fully saturated rings. The van der Waals surface area contributed by atoms with E-state index in [-0.39, 0.29) is 6.42 Å². The molecule has 3 rings (SSSR count). The molecule has 1 spiro atoms. The molecule has 0 bridgehead atoms. The Balaban J connectivity index is 1.78. The molecule has 30 heavy (non-hydrogen) atoms. The van der Waals surface area contributed by atoms with E-state index in [9.17, 15) is 9.59 Å². The third-order valence-electron chi connectivity index (χ3n) is 6.31. The molecule has 0 amide bonds. The summed E-state index contributed by atoms with van der Waals surface area (Å²) in [5, 5.41) is 0. The Labute approximate surface area is 177 Å². The van der Waals surface area contributed by atoms with Crippen LogP contribution < -0.4 is 0 Å². The lowest BCUT2D eigenvalue weighted by Gasteiger charge is -2.45. The molecule has 1 aliphatic heterocycles. The fraction of sp³-hybridized carbons (Fsp3) is 0.609. The molecule has 0 saturated heterocycles. The van der Waals surface area contributed by atoms with Crippen molar-refractivity contribution < 1.29 is 28.5 Å². The lowest BCUT2D eigenvalue weighted by molar-refractivity contribution is -0.173. The van der Waals surface area contributed by atoms with Gasteiger partial charge < -0.3 is 18.9 Å². The first-order chi connectivity index (χ1) is 14.1. The van der Waals surface area contributed by atoms with Crippen molar-refractivity contribution in [2.45, 2.75) is 70.3 Å². The predicted octanol–water partition coefficient (Wildman–Crippen LogP) is 3.62. The normalized spacial score (nSPS) is 29.9. The average Bonchev–Trinajstić information content (AvgIpc) is 3.09. The maximum Gasteiger partial charge on any atom is 0.340 e. The standard InChI is InChI=1S/C23H31NO6/c1-21(2,3)22(4)19(28-6)24-23(20(26)30-22)13-12-16(14-23)29-18(25)17(27-5)15-10-8-7-9-11-15/h7-11,16-17H,12-14H2,1-6H3/t16-,17+,22+,23+/m1/s1. The maximum atomic E-state index is 13.0. The highest BCUT2D eigenvalue weighted by atomic mass is 16.6. The van der Waals surface area contributed by atoms with E-state index in [1.807, 2.05) is 58.0 Å². The van der Waals surface area contributed by atoms with Crippen LogP contribution in [-0.2, 0) is 28.5 Å². The first-order valence-electron chi connectivity index (χ1n) is 10.2. The molecule has 4 atom stereocenters. The molecule has 0 N–H and O–H groups in total. The highest BCUT2D eigenvalue weighted by molar-refractivity contribution is 5.97. The van der Waals surface area contributed by atoms with Crippen molar-refractivity contribution in [1.29, 1.82) is 0 Å². The molecule has 7 heteroatoms. The summed E-state index contributed by atoms with van der Waals surface area (Å²) in [7, 11) is 3.00. The molecule has 1 saturated carbocycles. The molecular weight excluding hydrogens is 386 g/mol. The number of carbonyl (C=O) groups excluding carboxylic acids is 2. The second-order valence-corrected chi connectivity index (χ2v) is 9.15. The van der Waals surface area contributed by atoms with E-state index in [1.165, 1.54) is 14.2 Å². The number of methoxy groups -OCH3 is 2. The topological polar surface area (TPSA) is 83.4 Å². The minimum Gasteiger partial charge on any atom is -0.481 e. The summed E-state index contributed by atoms with van der Waals surface area (Å²) in [6.45, 7) is 7.73. The van der Waals surface area contributed by atoms with Gasteiger partial charge in [0, 0.05) is 18.9 Å². The number of ether oxygens (including phenoxy) is 4. The molecule has 1 aromatic carbocycles. The molecule has 1 aromatic rings. The first kappa shape index (κ1) is 22.3. The van der Waals surface area contributed by atoms with Crippen molar-refractivity contribution in [2.75, 3.05) is 14.2 Å². The minimum absolute atomic E-state index is 0.260. The second kappa shape index (κ2) is 8.02. The number of benzene rings is 1. The van der Waals surface area contributed by atoms with E-state index in [0.717, 1.165) is 5.56 Å². The van der Waals surface area contributed by atoms with Crippen LogP contribution in [0, 0.1) is 5.41 Å². The molecule has 164 valence electrons. The summed E-state index contributed by atoms with van der Waals surface area (Å²) >= 11 is 0. The number of nitrogens with zero attached hydrogens (tertiary/aromatic N) is 1. The van der Waals surface area contributed by atoms with Crippen LogP contribution in [0.1, 0.15) is 58.6 Å². The minimum atomic E-state index is -1.09. The Morgan fingerprint density at radius 2 is 1.90 bits per heavy atom. The van der Waals surface area contributed by atoms with Gasteiger partial charge in [-0.25, -0.2) is 14.6 Å². The lowest BCUT2D eigenvalue weighted by atomic mass is 9.76. The number of cyclic esters (lactones) is 1. The van der Waals surface area contributed by atoms with Crippen molar-refractivity contribution >= 4 is 17.8 Å². The van der Waals surface area contributed by atoms with Gasteiger partial charge in [0.2, 0.25) is 5.90 Å². The zero-order valence-corrected chi connectivity index (χ0v) is 18.6. The van der Waals surface area contributed by atoms with Crippen LogP contribution in [0.5, 0.6) is 0 Å². The van der Waals surface area contributed by atoms with Crippen molar-refractivity contribution in [3.05, 3.63) is 35.9 Å². The highest BCUT2D eigenvalue weighted by Crippen LogP contribution is 2.46. The maximum absolute atomic E-state index is 13.0. The number of hydrogen-bond donors (Lipinski definition) is 0. The summed E-state index contributed by atoms with van der Waals surface area (Å²) in [4.78, 5) is 30.5. The molecule has 7 nitrogen and oxygen atoms in total. The van der Waals surface area contributed by atoms with E-state index < -0.39 is 40.7 Å².